The van der Waals surface area contributed by atoms with Gasteiger partial charge in [0.25, 0.3) is 11.8 Å². The van der Waals surface area contributed by atoms with E-state index in [4.69, 9.17) is 26.4 Å². The minimum Gasteiger partial charge on any atom is -0.497 e. The van der Waals surface area contributed by atoms with Gasteiger partial charge in [-0.25, -0.2) is 0 Å². The number of nitrogens with zero attached hydrogens (tertiary/aromatic N) is 1. The number of hydrazine groups is 1. The van der Waals surface area contributed by atoms with Gasteiger partial charge in [-0.2, -0.15) is 5.01 Å². The number of ether oxygens (including phenoxy) is 3. The average Bonchev–Trinajstić information content (AvgIpc) is 3.15. The first kappa shape index (κ1) is 26.0. The predicted octanol–water partition coefficient (Wildman–Crippen LogP) is 5.43. The third-order valence-electron chi connectivity index (χ3n) is 5.15. The second kappa shape index (κ2) is 11.8. The van der Waals surface area contributed by atoms with Crippen molar-refractivity contribution in [2.24, 2.45) is 0 Å². The van der Waals surface area contributed by atoms with Gasteiger partial charge < -0.3 is 14.2 Å². The highest BCUT2D eigenvalue weighted by atomic mass is 127. The van der Waals surface area contributed by atoms with E-state index in [1.807, 2.05) is 30.3 Å². The number of carbonyl (C=O) groups is 2. The van der Waals surface area contributed by atoms with Crippen LogP contribution in [0.5, 0.6) is 17.2 Å². The minimum absolute atomic E-state index is 0.234. The molecule has 0 atom stereocenters. The number of halogens is 1. The van der Waals surface area contributed by atoms with E-state index in [1.165, 1.54) is 0 Å². The Hall–Kier alpha value is -3.09. The molecule has 1 saturated heterocycles. The lowest BCUT2D eigenvalue weighted by Crippen LogP contribution is -2.44. The van der Waals surface area contributed by atoms with Gasteiger partial charge in [-0.3, -0.25) is 15.0 Å². The van der Waals surface area contributed by atoms with Crippen LogP contribution in [0.4, 0.5) is 0 Å². The third-order valence-corrected chi connectivity index (χ3v) is 7.17. The monoisotopic (exact) mass is 632 g/mol. The molecule has 36 heavy (non-hydrogen) atoms. The van der Waals surface area contributed by atoms with Crippen LogP contribution >= 0.6 is 46.6 Å². The van der Waals surface area contributed by atoms with Crippen LogP contribution in [0, 0.1) is 3.57 Å². The molecule has 1 aliphatic rings. The number of hydrogen-bond donors (Lipinski definition) is 1. The topological polar surface area (TPSA) is 77.1 Å². The summed E-state index contributed by atoms with van der Waals surface area (Å²) in [5.41, 5.74) is 4.72. The molecule has 0 aliphatic carbocycles. The molecular weight excluding hydrogens is 611 g/mol. The molecule has 1 aliphatic heterocycles. The number of thiocarbonyl (C=S) groups is 1. The first-order chi connectivity index (χ1) is 17.4. The number of amides is 2. The van der Waals surface area contributed by atoms with Crippen molar-refractivity contribution in [2.75, 3.05) is 14.2 Å². The fourth-order valence-corrected chi connectivity index (χ4v) is 4.80. The Kier molecular flexibility index (Phi) is 8.49. The Morgan fingerprint density at radius 2 is 1.75 bits per heavy atom. The van der Waals surface area contributed by atoms with Crippen molar-refractivity contribution in [3.63, 3.8) is 0 Å². The van der Waals surface area contributed by atoms with Crippen LogP contribution in [0.25, 0.3) is 6.08 Å². The van der Waals surface area contributed by atoms with E-state index in [0.717, 1.165) is 31.5 Å². The highest BCUT2D eigenvalue weighted by Gasteiger charge is 2.33. The molecule has 0 spiro atoms. The van der Waals surface area contributed by atoms with Gasteiger partial charge >= 0.3 is 0 Å². The van der Waals surface area contributed by atoms with Gasteiger partial charge in [-0.15, -0.1) is 0 Å². The van der Waals surface area contributed by atoms with Crippen molar-refractivity contribution in [1.29, 1.82) is 0 Å². The third kappa shape index (κ3) is 6.18. The number of rotatable bonds is 8. The number of thioether (sulfide) groups is 1. The van der Waals surface area contributed by atoms with Crippen molar-refractivity contribution in [2.45, 2.75) is 6.61 Å². The molecule has 0 saturated carbocycles. The molecule has 1 fully saturated rings. The lowest BCUT2D eigenvalue weighted by Gasteiger charge is -2.15. The largest absolute Gasteiger partial charge is 0.497 e. The molecular formula is C26H21IN2O5S2. The van der Waals surface area contributed by atoms with Crippen molar-refractivity contribution >= 4 is 68.8 Å². The molecule has 7 nitrogen and oxygen atoms in total. The van der Waals surface area contributed by atoms with Crippen molar-refractivity contribution < 1.29 is 23.8 Å². The second-order valence-electron chi connectivity index (χ2n) is 7.51. The first-order valence-electron chi connectivity index (χ1n) is 10.7. The predicted molar refractivity (Wildman–Crippen MR) is 152 cm³/mol. The van der Waals surface area contributed by atoms with E-state index in [9.17, 15) is 9.59 Å². The normalized spacial score (nSPS) is 14.2. The van der Waals surface area contributed by atoms with Crippen LogP contribution in [0.15, 0.2) is 71.6 Å². The Morgan fingerprint density at radius 1 is 1.03 bits per heavy atom. The van der Waals surface area contributed by atoms with E-state index in [-0.39, 0.29) is 4.32 Å². The smallest absolute Gasteiger partial charge is 0.285 e. The van der Waals surface area contributed by atoms with Gasteiger partial charge in [0.1, 0.15) is 12.4 Å². The molecule has 0 aromatic heterocycles. The Morgan fingerprint density at radius 3 is 2.42 bits per heavy atom. The number of methoxy groups -OCH3 is 2. The lowest BCUT2D eigenvalue weighted by molar-refractivity contribution is -0.123. The van der Waals surface area contributed by atoms with Crippen LogP contribution in [0.1, 0.15) is 21.5 Å². The average molecular weight is 633 g/mol. The minimum atomic E-state index is -0.452. The summed E-state index contributed by atoms with van der Waals surface area (Å²) in [5.74, 6) is 0.892. The zero-order valence-electron chi connectivity index (χ0n) is 19.3. The molecule has 3 aromatic rings. The zero-order valence-corrected chi connectivity index (χ0v) is 23.1. The van der Waals surface area contributed by atoms with Gasteiger partial charge in [0.15, 0.2) is 15.8 Å². The molecule has 3 aromatic carbocycles. The number of hydrogen-bond acceptors (Lipinski definition) is 7. The highest BCUT2D eigenvalue weighted by Crippen LogP contribution is 2.34. The second-order valence-corrected chi connectivity index (χ2v) is 10.4. The summed E-state index contributed by atoms with van der Waals surface area (Å²) in [7, 11) is 3.11. The SMILES string of the molecule is COc1ccc(C(=O)NN2C(=O)/C(=C/c3ccc(OCc4ccc(I)cc4)c(OC)c3)SC2=S)cc1. The quantitative estimate of drug-likeness (QED) is 0.202. The van der Waals surface area contributed by atoms with Gasteiger partial charge in [-0.05, 0) is 101 Å². The van der Waals surface area contributed by atoms with Gasteiger partial charge in [0.05, 0.1) is 19.1 Å². The van der Waals surface area contributed by atoms with Crippen LogP contribution < -0.4 is 19.6 Å². The van der Waals surface area contributed by atoms with Crippen LogP contribution in [-0.4, -0.2) is 35.4 Å². The standard InChI is InChI=1S/C26H21IN2O5S2/c1-32-20-10-6-18(7-11-20)24(30)28-29-25(31)23(36-26(29)35)14-17-5-12-21(22(13-17)33-2)34-15-16-3-8-19(27)9-4-16/h3-14H,15H2,1-2H3,(H,28,30)/b23-14-. The highest BCUT2D eigenvalue weighted by molar-refractivity contribution is 14.1. The summed E-state index contributed by atoms with van der Waals surface area (Å²) in [6.07, 6.45) is 1.70. The fourth-order valence-electron chi connectivity index (χ4n) is 3.26. The summed E-state index contributed by atoms with van der Waals surface area (Å²) in [4.78, 5) is 25.9. The first-order valence-corrected chi connectivity index (χ1v) is 13.0. The molecule has 184 valence electrons. The van der Waals surface area contributed by atoms with E-state index in [0.29, 0.717) is 34.3 Å². The summed E-state index contributed by atoms with van der Waals surface area (Å²) in [6, 6.07) is 20.0. The number of nitrogens with one attached hydrogen (secondary N) is 1. The van der Waals surface area contributed by atoms with Crippen molar-refractivity contribution in [3.8, 4) is 17.2 Å². The van der Waals surface area contributed by atoms with Crippen molar-refractivity contribution in [1.82, 2.24) is 10.4 Å². The van der Waals surface area contributed by atoms with E-state index in [1.54, 1.807) is 56.7 Å². The molecule has 0 bridgehead atoms. The van der Waals surface area contributed by atoms with Gasteiger partial charge in [-0.1, -0.05) is 30.0 Å². The van der Waals surface area contributed by atoms with Crippen molar-refractivity contribution in [3.05, 3.63) is 91.9 Å². The lowest BCUT2D eigenvalue weighted by atomic mass is 10.2. The molecule has 0 unspecified atom stereocenters. The molecule has 1 N–H and O–H groups in total. The Bertz CT molecular complexity index is 1330. The summed E-state index contributed by atoms with van der Waals surface area (Å²) < 4.78 is 17.9. The van der Waals surface area contributed by atoms with E-state index < -0.39 is 11.8 Å². The van der Waals surface area contributed by atoms with Crippen LogP contribution in [0.3, 0.4) is 0 Å². The molecule has 0 radical (unpaired) electrons. The van der Waals surface area contributed by atoms with Crippen LogP contribution in [-0.2, 0) is 11.4 Å². The molecule has 2 amide bonds. The Balaban J connectivity index is 1.45. The van der Waals surface area contributed by atoms with Gasteiger partial charge in [0, 0.05) is 9.13 Å². The van der Waals surface area contributed by atoms with Crippen LogP contribution in [0.2, 0.25) is 0 Å². The van der Waals surface area contributed by atoms with E-state index >= 15 is 0 Å². The fraction of sp³-hybridized carbons (Fsp3) is 0.115. The maximum atomic E-state index is 13.0. The summed E-state index contributed by atoms with van der Waals surface area (Å²) in [5, 5.41) is 1.08. The maximum absolute atomic E-state index is 13.0. The molecule has 1 heterocycles. The van der Waals surface area contributed by atoms with Gasteiger partial charge in [0.2, 0.25) is 0 Å². The maximum Gasteiger partial charge on any atom is 0.285 e. The summed E-state index contributed by atoms with van der Waals surface area (Å²) in [6.45, 7) is 0.402. The van der Waals surface area contributed by atoms with E-state index in [2.05, 4.69) is 28.0 Å². The number of carbonyl (C=O) groups excluding carboxylic acids is 2. The Labute approximate surface area is 231 Å². The molecule has 10 heteroatoms. The number of benzene rings is 3. The zero-order chi connectivity index (χ0) is 25.7. The summed E-state index contributed by atoms with van der Waals surface area (Å²) >= 11 is 8.69. The molecule has 4 rings (SSSR count).